The van der Waals surface area contributed by atoms with Crippen molar-refractivity contribution in [1.29, 1.82) is 0 Å². The first kappa shape index (κ1) is 17.4. The van der Waals surface area contributed by atoms with Gasteiger partial charge in [-0.2, -0.15) is 0 Å². The Hall–Kier alpha value is 1.28. The molecule has 0 aromatic rings. The second kappa shape index (κ2) is 8.38. The quantitative estimate of drug-likeness (QED) is 0.481. The maximum Gasteiger partial charge on any atom is 1.00 e. The van der Waals surface area contributed by atoms with Crippen LogP contribution in [0.25, 0.3) is 0 Å². The molecule has 0 saturated heterocycles. The van der Waals surface area contributed by atoms with Crippen LogP contribution in [-0.2, 0) is 0 Å². The van der Waals surface area contributed by atoms with E-state index in [2.05, 4.69) is 0 Å². The van der Waals surface area contributed by atoms with Crippen molar-refractivity contribution in [2.75, 3.05) is 0 Å². The predicted octanol–water partition coefficient (Wildman–Crippen LogP) is -1.88. The molecule has 0 radical (unpaired) electrons. The van der Waals surface area contributed by atoms with Crippen LogP contribution in [-0.4, -0.2) is 27.1 Å². The monoisotopic (exact) mass is 270 g/mol. The molecule has 0 aliphatic carbocycles. The van der Waals surface area contributed by atoms with Gasteiger partial charge in [0, 0.05) is 0 Å². The first-order chi connectivity index (χ1) is 3.73. The Labute approximate surface area is 121 Å². The molecule has 0 aliphatic rings. The molecule has 0 unspecified atom stereocenters. The van der Waals surface area contributed by atoms with E-state index in [-0.39, 0.29) is 70.3 Å². The van der Waals surface area contributed by atoms with E-state index in [1.54, 1.807) is 20.8 Å². The standard InChI is InChI=1S/C4H10O.CH2O3.Cs.H/c1-4(2,3)5;2-1(3)4;;/h5H,1-3H3;(H2,2,3,4);;/q;;+1;-1. The minimum Gasteiger partial charge on any atom is -1.00 e. The molecule has 0 aliphatic heterocycles. The first-order valence-corrected chi connectivity index (χ1v) is 2.37. The van der Waals surface area contributed by atoms with Crippen LogP contribution in [0.5, 0.6) is 0 Å². The van der Waals surface area contributed by atoms with Crippen LogP contribution in [0, 0.1) is 0 Å². The topological polar surface area (TPSA) is 77.8 Å². The van der Waals surface area contributed by atoms with Crippen molar-refractivity contribution in [1.82, 2.24) is 0 Å². The van der Waals surface area contributed by atoms with Gasteiger partial charge in [0.1, 0.15) is 0 Å². The summed E-state index contributed by atoms with van der Waals surface area (Å²) in [4.78, 5) is 8.56. The SMILES string of the molecule is CC(C)(C)O.O=C(O)O.[Cs+].[H-]. The molecule has 0 rings (SSSR count). The van der Waals surface area contributed by atoms with Gasteiger partial charge in [0.25, 0.3) is 0 Å². The molecule has 0 amide bonds. The van der Waals surface area contributed by atoms with E-state index in [4.69, 9.17) is 20.1 Å². The smallest absolute Gasteiger partial charge is 1.00 e. The fourth-order valence-corrected chi connectivity index (χ4v) is 0. The van der Waals surface area contributed by atoms with Crippen molar-refractivity contribution in [2.45, 2.75) is 26.4 Å². The van der Waals surface area contributed by atoms with Gasteiger partial charge in [-0.25, -0.2) is 4.79 Å². The zero-order valence-electron chi connectivity index (χ0n) is 7.75. The number of carbonyl (C=O) groups is 1. The van der Waals surface area contributed by atoms with Crippen LogP contribution >= 0.6 is 0 Å². The summed E-state index contributed by atoms with van der Waals surface area (Å²) < 4.78 is 0. The van der Waals surface area contributed by atoms with Gasteiger partial charge >= 0.3 is 75.0 Å². The van der Waals surface area contributed by atoms with Gasteiger partial charge in [-0.3, -0.25) is 0 Å². The first-order valence-electron chi connectivity index (χ1n) is 2.37. The summed E-state index contributed by atoms with van der Waals surface area (Å²) in [5.74, 6) is 0. The van der Waals surface area contributed by atoms with Crippen molar-refractivity contribution in [3.8, 4) is 0 Å². The molecule has 0 fully saturated rings. The molecule has 0 atom stereocenters. The molecule has 5 heteroatoms. The summed E-state index contributed by atoms with van der Waals surface area (Å²) in [5, 5.41) is 22.5. The third-order valence-electron chi connectivity index (χ3n) is 0. The maximum atomic E-state index is 8.56. The van der Waals surface area contributed by atoms with Gasteiger partial charge in [0.15, 0.2) is 0 Å². The van der Waals surface area contributed by atoms with Gasteiger partial charge < -0.3 is 16.7 Å². The molecule has 0 spiro atoms. The summed E-state index contributed by atoms with van der Waals surface area (Å²) in [6.45, 7) is 5.23. The summed E-state index contributed by atoms with van der Waals surface area (Å²) in [6.07, 6.45) is -1.83. The van der Waals surface area contributed by atoms with Crippen molar-refractivity contribution in [3.05, 3.63) is 0 Å². The number of aliphatic hydroxyl groups is 1. The van der Waals surface area contributed by atoms with E-state index in [0.717, 1.165) is 0 Å². The van der Waals surface area contributed by atoms with Crippen LogP contribution in [0.15, 0.2) is 0 Å². The fraction of sp³-hybridized carbons (Fsp3) is 0.800. The van der Waals surface area contributed by atoms with Crippen LogP contribution in [0.3, 0.4) is 0 Å². The molecule has 4 nitrogen and oxygen atoms in total. The third-order valence-corrected chi connectivity index (χ3v) is 0. The molecule has 10 heavy (non-hydrogen) atoms. The zero-order chi connectivity index (χ0) is 8.08. The summed E-state index contributed by atoms with van der Waals surface area (Å²) in [5.41, 5.74) is -0.500. The Balaban J connectivity index is -0.0000000383. The second-order valence-corrected chi connectivity index (χ2v) is 2.45. The van der Waals surface area contributed by atoms with E-state index in [1.165, 1.54) is 0 Å². The zero-order valence-corrected chi connectivity index (χ0v) is 13.0. The van der Waals surface area contributed by atoms with E-state index in [9.17, 15) is 0 Å². The maximum absolute atomic E-state index is 8.56. The van der Waals surface area contributed by atoms with E-state index >= 15 is 0 Å². The Morgan fingerprint density at radius 3 is 1.30 bits per heavy atom. The molecule has 0 saturated carbocycles. The summed E-state index contributed by atoms with van der Waals surface area (Å²) >= 11 is 0. The minimum absolute atomic E-state index is 0. The molecule has 58 valence electrons. The summed E-state index contributed by atoms with van der Waals surface area (Å²) in [6, 6.07) is 0. The third kappa shape index (κ3) is 387. The number of hydrogen-bond donors (Lipinski definition) is 3. The Kier molecular flexibility index (Phi) is 14.6. The number of rotatable bonds is 0. The van der Waals surface area contributed by atoms with Gasteiger partial charge in [-0.1, -0.05) is 0 Å². The van der Waals surface area contributed by atoms with Crippen LogP contribution < -0.4 is 68.9 Å². The Morgan fingerprint density at radius 2 is 1.30 bits per heavy atom. The normalized spacial score (nSPS) is 8.40. The van der Waals surface area contributed by atoms with Crippen molar-refractivity contribution < 1.29 is 90.4 Å². The second-order valence-electron chi connectivity index (χ2n) is 2.45. The number of hydrogen-bond acceptors (Lipinski definition) is 2. The van der Waals surface area contributed by atoms with Gasteiger partial charge in [-0.15, -0.1) is 0 Å². The van der Waals surface area contributed by atoms with Gasteiger partial charge in [-0.05, 0) is 20.8 Å². The molecule has 0 aromatic carbocycles. The molecular formula is C5H13CsO4. The Bertz CT molecular complexity index is 81.0. The molecule has 0 bridgehead atoms. The molecule has 3 N–H and O–H groups in total. The van der Waals surface area contributed by atoms with Gasteiger partial charge in [0.05, 0.1) is 5.60 Å². The van der Waals surface area contributed by atoms with Crippen LogP contribution in [0.1, 0.15) is 22.2 Å². The molecule has 0 heterocycles. The summed E-state index contributed by atoms with van der Waals surface area (Å²) in [7, 11) is 0. The molecular weight excluding hydrogens is 257 g/mol. The Morgan fingerprint density at radius 1 is 1.30 bits per heavy atom. The van der Waals surface area contributed by atoms with Crippen LogP contribution in [0.2, 0.25) is 0 Å². The average Bonchev–Trinajstić information content (AvgIpc) is 1.19. The van der Waals surface area contributed by atoms with E-state index < -0.39 is 11.8 Å². The minimum atomic E-state index is -1.83. The largest absolute Gasteiger partial charge is 1.00 e. The number of carboxylic acid groups (broad SMARTS) is 2. The van der Waals surface area contributed by atoms with E-state index in [0.29, 0.717) is 0 Å². The van der Waals surface area contributed by atoms with E-state index in [1.807, 2.05) is 0 Å². The molecule has 0 aromatic heterocycles. The predicted molar refractivity (Wildman–Crippen MR) is 33.7 cm³/mol. The van der Waals surface area contributed by atoms with Crippen molar-refractivity contribution in [2.24, 2.45) is 0 Å². The fourth-order valence-electron chi connectivity index (χ4n) is 0. The van der Waals surface area contributed by atoms with Crippen LogP contribution in [0.4, 0.5) is 4.79 Å². The van der Waals surface area contributed by atoms with Crippen molar-refractivity contribution >= 4 is 6.16 Å². The average molecular weight is 270 g/mol. The van der Waals surface area contributed by atoms with Gasteiger partial charge in [0.2, 0.25) is 0 Å². The van der Waals surface area contributed by atoms with Crippen molar-refractivity contribution in [3.63, 3.8) is 0 Å².